The Balaban J connectivity index is 1.97. The van der Waals surface area contributed by atoms with Gasteiger partial charge in [-0.3, -0.25) is 0 Å². The topological polar surface area (TPSA) is 42.2 Å². The summed E-state index contributed by atoms with van der Waals surface area (Å²) in [5.74, 6) is 0. The molecule has 0 saturated carbocycles. The Kier molecular flexibility index (Phi) is 5.79. The van der Waals surface area contributed by atoms with E-state index >= 15 is 0 Å². The summed E-state index contributed by atoms with van der Waals surface area (Å²) < 4.78 is 11.1. The van der Waals surface area contributed by atoms with Crippen LogP contribution in [0.1, 0.15) is 46.0 Å². The predicted octanol–water partition coefficient (Wildman–Crippen LogP) is 2.90. The van der Waals surface area contributed by atoms with Crippen LogP contribution in [0.2, 0.25) is 0 Å². The maximum absolute atomic E-state index is 8.84. The van der Waals surface area contributed by atoms with Gasteiger partial charge in [0.25, 0.3) is 0 Å². The summed E-state index contributed by atoms with van der Waals surface area (Å²) in [4.78, 5) is 0. The second-order valence-electron chi connectivity index (χ2n) is 5.16. The van der Waals surface area contributed by atoms with Crippen LogP contribution in [-0.4, -0.2) is 25.9 Å². The van der Waals surface area contributed by atoms with Crippen molar-refractivity contribution in [3.05, 3.63) is 0 Å². The van der Waals surface area contributed by atoms with Gasteiger partial charge in [0.05, 0.1) is 24.2 Å². The number of hydrogen-bond donors (Lipinski definition) is 0. The zero-order valence-electron chi connectivity index (χ0n) is 10.5. The molecule has 0 aromatic carbocycles. The summed E-state index contributed by atoms with van der Waals surface area (Å²) in [6.45, 7) is 6.28. The summed E-state index contributed by atoms with van der Waals surface area (Å²) in [5.41, 5.74) is -0.218. The smallest absolute Gasteiger partial charge is 0.0808 e. The van der Waals surface area contributed by atoms with Crippen LogP contribution in [0.5, 0.6) is 0 Å². The fourth-order valence-electron chi connectivity index (χ4n) is 1.83. The maximum atomic E-state index is 8.84. The molecule has 0 N–H and O–H groups in total. The molecule has 0 aliphatic carbocycles. The lowest BCUT2D eigenvalue weighted by Crippen LogP contribution is -2.24. The molecule has 1 rings (SSSR count). The molecule has 3 heteroatoms. The summed E-state index contributed by atoms with van der Waals surface area (Å²) >= 11 is 0. The van der Waals surface area contributed by atoms with Crippen LogP contribution >= 0.6 is 0 Å². The zero-order valence-corrected chi connectivity index (χ0v) is 10.5. The maximum Gasteiger partial charge on any atom is 0.0808 e. The number of nitriles is 1. The minimum Gasteiger partial charge on any atom is -0.379 e. The Morgan fingerprint density at radius 2 is 2.25 bits per heavy atom. The van der Waals surface area contributed by atoms with Crippen LogP contribution in [0.4, 0.5) is 0 Å². The number of nitrogens with zero attached hydrogens (tertiary/aromatic N) is 1. The first-order valence-corrected chi connectivity index (χ1v) is 6.25. The first-order valence-electron chi connectivity index (χ1n) is 6.25. The van der Waals surface area contributed by atoms with Gasteiger partial charge in [0, 0.05) is 13.2 Å². The van der Waals surface area contributed by atoms with E-state index in [0.29, 0.717) is 12.7 Å². The molecular formula is C13H23NO2. The van der Waals surface area contributed by atoms with Crippen LogP contribution in [0.25, 0.3) is 0 Å². The lowest BCUT2D eigenvalue weighted by Gasteiger charge is -2.22. The molecule has 0 amide bonds. The highest BCUT2D eigenvalue weighted by atomic mass is 16.5. The van der Waals surface area contributed by atoms with Gasteiger partial charge in [-0.2, -0.15) is 5.26 Å². The van der Waals surface area contributed by atoms with Gasteiger partial charge >= 0.3 is 0 Å². The van der Waals surface area contributed by atoms with E-state index in [0.717, 1.165) is 32.5 Å². The summed E-state index contributed by atoms with van der Waals surface area (Å²) in [5, 5.41) is 8.84. The van der Waals surface area contributed by atoms with Gasteiger partial charge in [-0.15, -0.1) is 0 Å². The fourth-order valence-corrected chi connectivity index (χ4v) is 1.83. The van der Waals surface area contributed by atoms with E-state index in [1.165, 1.54) is 12.8 Å². The number of hydrogen-bond acceptors (Lipinski definition) is 3. The second-order valence-corrected chi connectivity index (χ2v) is 5.16. The molecule has 0 aromatic rings. The molecule has 0 aromatic heterocycles. The van der Waals surface area contributed by atoms with Crippen LogP contribution in [-0.2, 0) is 9.47 Å². The number of rotatable bonds is 6. The van der Waals surface area contributed by atoms with Crippen molar-refractivity contribution >= 4 is 0 Å². The Bertz CT molecular complexity index is 227. The molecule has 1 aliphatic heterocycles. The molecule has 1 aliphatic rings. The van der Waals surface area contributed by atoms with Crippen molar-refractivity contribution in [1.82, 2.24) is 0 Å². The molecule has 3 nitrogen and oxygen atoms in total. The first-order chi connectivity index (χ1) is 7.64. The third kappa shape index (κ3) is 5.48. The van der Waals surface area contributed by atoms with Gasteiger partial charge in [0.2, 0.25) is 0 Å². The molecule has 16 heavy (non-hydrogen) atoms. The third-order valence-corrected chi connectivity index (χ3v) is 2.97. The van der Waals surface area contributed by atoms with Crippen molar-refractivity contribution in [1.29, 1.82) is 5.26 Å². The van der Waals surface area contributed by atoms with Crippen molar-refractivity contribution < 1.29 is 9.47 Å². The van der Waals surface area contributed by atoms with E-state index in [1.54, 1.807) is 0 Å². The van der Waals surface area contributed by atoms with E-state index in [-0.39, 0.29) is 5.41 Å². The normalized spacial score (nSPS) is 21.7. The molecule has 1 unspecified atom stereocenters. The van der Waals surface area contributed by atoms with Gasteiger partial charge in [-0.05, 0) is 46.0 Å². The first kappa shape index (κ1) is 13.5. The van der Waals surface area contributed by atoms with Crippen LogP contribution < -0.4 is 0 Å². The van der Waals surface area contributed by atoms with Crippen LogP contribution in [0.15, 0.2) is 0 Å². The molecule has 0 radical (unpaired) electrons. The lowest BCUT2D eigenvalue weighted by atomic mass is 9.90. The van der Waals surface area contributed by atoms with Gasteiger partial charge < -0.3 is 9.47 Å². The Morgan fingerprint density at radius 1 is 1.44 bits per heavy atom. The third-order valence-electron chi connectivity index (χ3n) is 2.97. The molecule has 92 valence electrons. The molecule has 0 bridgehead atoms. The molecule has 0 spiro atoms. The van der Waals surface area contributed by atoms with Gasteiger partial charge in [-0.25, -0.2) is 0 Å². The Hall–Kier alpha value is -0.590. The molecule has 1 atom stereocenters. The van der Waals surface area contributed by atoms with Gasteiger partial charge in [0.1, 0.15) is 0 Å². The van der Waals surface area contributed by atoms with Gasteiger partial charge in [0.15, 0.2) is 0 Å². The average Bonchev–Trinajstić information content (AvgIpc) is 2.30. The van der Waals surface area contributed by atoms with E-state index in [9.17, 15) is 0 Å². The minimum atomic E-state index is -0.218. The predicted molar refractivity (Wildman–Crippen MR) is 63.0 cm³/mol. The van der Waals surface area contributed by atoms with Crippen molar-refractivity contribution in [3.63, 3.8) is 0 Å². The number of ether oxygens (including phenoxy) is 2. The second kappa shape index (κ2) is 6.88. The van der Waals surface area contributed by atoms with Crippen LogP contribution in [0, 0.1) is 16.7 Å². The van der Waals surface area contributed by atoms with Crippen molar-refractivity contribution in [2.24, 2.45) is 5.41 Å². The summed E-state index contributed by atoms with van der Waals surface area (Å²) in [6, 6.07) is 2.30. The average molecular weight is 225 g/mol. The molecular weight excluding hydrogens is 202 g/mol. The SMILES string of the molecule is CC(C)(C#N)CCCOCC1CCCCO1. The van der Waals surface area contributed by atoms with E-state index in [4.69, 9.17) is 14.7 Å². The zero-order chi connectivity index (χ0) is 11.9. The summed E-state index contributed by atoms with van der Waals surface area (Å²) in [7, 11) is 0. The largest absolute Gasteiger partial charge is 0.379 e. The Labute approximate surface area is 98.7 Å². The van der Waals surface area contributed by atoms with E-state index in [1.807, 2.05) is 13.8 Å². The molecule has 1 saturated heterocycles. The van der Waals surface area contributed by atoms with E-state index in [2.05, 4.69) is 6.07 Å². The quantitative estimate of drug-likeness (QED) is 0.653. The van der Waals surface area contributed by atoms with Crippen molar-refractivity contribution in [2.75, 3.05) is 19.8 Å². The van der Waals surface area contributed by atoms with Crippen molar-refractivity contribution in [3.8, 4) is 6.07 Å². The lowest BCUT2D eigenvalue weighted by molar-refractivity contribution is -0.0415. The standard InChI is InChI=1S/C13H23NO2/c1-13(2,11-14)7-5-8-15-10-12-6-3-4-9-16-12/h12H,3-10H2,1-2H3. The van der Waals surface area contributed by atoms with Gasteiger partial charge in [-0.1, -0.05) is 0 Å². The highest BCUT2D eigenvalue weighted by molar-refractivity contribution is 4.91. The molecule has 1 fully saturated rings. The van der Waals surface area contributed by atoms with Crippen LogP contribution in [0.3, 0.4) is 0 Å². The highest BCUT2D eigenvalue weighted by Gasteiger charge is 2.16. The highest BCUT2D eigenvalue weighted by Crippen LogP contribution is 2.20. The summed E-state index contributed by atoms with van der Waals surface area (Å²) in [6.07, 6.45) is 5.73. The monoisotopic (exact) mass is 225 g/mol. The minimum absolute atomic E-state index is 0.218. The van der Waals surface area contributed by atoms with E-state index < -0.39 is 0 Å². The Morgan fingerprint density at radius 3 is 2.88 bits per heavy atom. The fraction of sp³-hybridized carbons (Fsp3) is 0.923. The van der Waals surface area contributed by atoms with Crippen molar-refractivity contribution in [2.45, 2.75) is 52.1 Å². The molecule has 1 heterocycles.